The Bertz CT molecular complexity index is 1080. The molecule has 0 N–H and O–H groups in total. The van der Waals surface area contributed by atoms with E-state index in [-0.39, 0.29) is 30.1 Å². The molecule has 3 rings (SSSR count). The monoisotopic (exact) mass is 447 g/mol. The number of ether oxygens (including phenoxy) is 1. The summed E-state index contributed by atoms with van der Waals surface area (Å²) in [6.45, 7) is 5.96. The molecule has 0 aliphatic heterocycles. The van der Waals surface area contributed by atoms with Crippen molar-refractivity contribution >= 4 is 5.91 Å². The largest absolute Gasteiger partial charge is 0.475 e. The third-order valence-corrected chi connectivity index (χ3v) is 4.89. The van der Waals surface area contributed by atoms with Crippen molar-refractivity contribution < 1.29 is 22.7 Å². The second-order valence-electron chi connectivity index (χ2n) is 7.42. The molecule has 0 bridgehead atoms. The number of hydrogen-bond donors (Lipinski definition) is 0. The molecule has 0 aromatic carbocycles. The van der Waals surface area contributed by atoms with Crippen LogP contribution >= 0.6 is 0 Å². The van der Waals surface area contributed by atoms with E-state index >= 15 is 0 Å². The molecule has 1 amide bonds. The van der Waals surface area contributed by atoms with Crippen molar-refractivity contribution in [1.82, 2.24) is 24.6 Å². The SMILES string of the molecule is CCN(C(=O)c1ncc(C)cc1-c1ccn(C)n1)C(C)COc1ccc(C(F)(F)F)cn1. The Morgan fingerprint density at radius 1 is 1.22 bits per heavy atom. The van der Waals surface area contributed by atoms with Crippen LogP contribution in [0.4, 0.5) is 13.2 Å². The van der Waals surface area contributed by atoms with Gasteiger partial charge in [0.25, 0.3) is 5.91 Å². The average molecular weight is 447 g/mol. The molecule has 0 spiro atoms. The molecule has 0 saturated carbocycles. The minimum absolute atomic E-state index is 0.0518. The van der Waals surface area contributed by atoms with Gasteiger partial charge in [-0.05, 0) is 44.5 Å². The number of likely N-dealkylation sites (N-methyl/N-ethyl adjacent to an activating group) is 1. The number of halogens is 3. The number of alkyl halides is 3. The van der Waals surface area contributed by atoms with Gasteiger partial charge < -0.3 is 9.64 Å². The normalized spacial score (nSPS) is 12.5. The molecule has 3 aromatic heterocycles. The van der Waals surface area contributed by atoms with Gasteiger partial charge in [0.2, 0.25) is 5.88 Å². The zero-order valence-electron chi connectivity index (χ0n) is 18.2. The maximum Gasteiger partial charge on any atom is 0.417 e. The van der Waals surface area contributed by atoms with Gasteiger partial charge in [-0.2, -0.15) is 18.3 Å². The van der Waals surface area contributed by atoms with Gasteiger partial charge in [-0.3, -0.25) is 14.5 Å². The Labute approximate surface area is 183 Å². The smallest absolute Gasteiger partial charge is 0.417 e. The van der Waals surface area contributed by atoms with Gasteiger partial charge in [-0.25, -0.2) is 4.98 Å². The van der Waals surface area contributed by atoms with E-state index in [9.17, 15) is 18.0 Å². The van der Waals surface area contributed by atoms with Crippen molar-refractivity contribution in [3.05, 3.63) is 59.7 Å². The minimum Gasteiger partial charge on any atom is -0.475 e. The van der Waals surface area contributed by atoms with Crippen LogP contribution in [0.2, 0.25) is 0 Å². The summed E-state index contributed by atoms with van der Waals surface area (Å²) in [6.07, 6.45) is -0.327. The first-order valence-corrected chi connectivity index (χ1v) is 10.0. The van der Waals surface area contributed by atoms with Crippen LogP contribution in [0, 0.1) is 6.92 Å². The molecule has 0 aliphatic carbocycles. The number of pyridine rings is 2. The van der Waals surface area contributed by atoms with E-state index in [4.69, 9.17) is 4.74 Å². The molecule has 7 nitrogen and oxygen atoms in total. The van der Waals surface area contributed by atoms with E-state index in [1.807, 2.05) is 26.0 Å². The highest BCUT2D eigenvalue weighted by atomic mass is 19.4. The fourth-order valence-corrected chi connectivity index (χ4v) is 3.21. The number of aryl methyl sites for hydroxylation is 2. The van der Waals surface area contributed by atoms with Crippen LogP contribution in [0.25, 0.3) is 11.3 Å². The highest BCUT2D eigenvalue weighted by molar-refractivity contribution is 5.98. The molecule has 0 aliphatic rings. The minimum atomic E-state index is -4.46. The maximum absolute atomic E-state index is 13.3. The molecule has 3 heterocycles. The molecule has 0 radical (unpaired) electrons. The van der Waals surface area contributed by atoms with Crippen molar-refractivity contribution in [3.63, 3.8) is 0 Å². The quantitative estimate of drug-likeness (QED) is 0.545. The summed E-state index contributed by atoms with van der Waals surface area (Å²) < 4.78 is 45.2. The summed E-state index contributed by atoms with van der Waals surface area (Å²) in [5.41, 5.74) is 1.59. The fraction of sp³-hybridized carbons (Fsp3) is 0.364. The predicted molar refractivity (Wildman–Crippen MR) is 112 cm³/mol. The van der Waals surface area contributed by atoms with Crippen LogP contribution < -0.4 is 4.74 Å². The maximum atomic E-state index is 13.3. The van der Waals surface area contributed by atoms with Crippen molar-refractivity contribution in [2.75, 3.05) is 13.2 Å². The molecular weight excluding hydrogens is 423 g/mol. The first-order valence-electron chi connectivity index (χ1n) is 10.0. The van der Waals surface area contributed by atoms with Crippen LogP contribution in [-0.4, -0.2) is 49.7 Å². The topological polar surface area (TPSA) is 73.1 Å². The summed E-state index contributed by atoms with van der Waals surface area (Å²) in [5.74, 6) is -0.236. The van der Waals surface area contributed by atoms with Gasteiger partial charge in [-0.1, -0.05) is 0 Å². The zero-order valence-corrected chi connectivity index (χ0v) is 18.2. The molecule has 0 saturated heterocycles. The van der Waals surface area contributed by atoms with E-state index in [0.29, 0.717) is 17.8 Å². The molecule has 3 aromatic rings. The average Bonchev–Trinajstić information content (AvgIpc) is 3.18. The van der Waals surface area contributed by atoms with Crippen molar-refractivity contribution in [1.29, 1.82) is 0 Å². The number of carbonyl (C=O) groups is 1. The lowest BCUT2D eigenvalue weighted by atomic mass is 10.1. The van der Waals surface area contributed by atoms with Gasteiger partial charge in [0.15, 0.2) is 0 Å². The Kier molecular flexibility index (Phi) is 6.81. The lowest BCUT2D eigenvalue weighted by molar-refractivity contribution is -0.137. The molecule has 0 fully saturated rings. The van der Waals surface area contributed by atoms with E-state index in [0.717, 1.165) is 23.9 Å². The van der Waals surface area contributed by atoms with E-state index in [1.165, 1.54) is 0 Å². The highest BCUT2D eigenvalue weighted by Crippen LogP contribution is 2.29. The Balaban J connectivity index is 1.76. The van der Waals surface area contributed by atoms with Crippen molar-refractivity contribution in [3.8, 4) is 17.1 Å². The number of amides is 1. The van der Waals surface area contributed by atoms with Gasteiger partial charge >= 0.3 is 6.18 Å². The summed E-state index contributed by atoms with van der Waals surface area (Å²) in [4.78, 5) is 23.0. The third-order valence-electron chi connectivity index (χ3n) is 4.89. The lowest BCUT2D eigenvalue weighted by Crippen LogP contribution is -2.42. The molecule has 1 atom stereocenters. The first kappa shape index (κ1) is 23.2. The Morgan fingerprint density at radius 3 is 2.53 bits per heavy atom. The molecule has 10 heteroatoms. The summed E-state index contributed by atoms with van der Waals surface area (Å²) in [7, 11) is 1.79. The lowest BCUT2D eigenvalue weighted by Gasteiger charge is -2.28. The van der Waals surface area contributed by atoms with E-state index < -0.39 is 11.7 Å². The van der Waals surface area contributed by atoms with E-state index in [2.05, 4.69) is 15.1 Å². The molecular formula is C22H24F3N5O2. The zero-order chi connectivity index (χ0) is 23.5. The molecule has 32 heavy (non-hydrogen) atoms. The van der Waals surface area contributed by atoms with Crippen molar-refractivity contribution in [2.24, 2.45) is 7.05 Å². The standard InChI is InChI=1S/C22H24F3N5O2/c1-5-30(15(3)13-32-19-7-6-16(12-26-19)22(23,24)25)21(31)20-17(10-14(2)11-27-20)18-8-9-29(4)28-18/h6-12,15H,5,13H2,1-4H3. The van der Waals surface area contributed by atoms with Gasteiger partial charge in [-0.15, -0.1) is 0 Å². The summed E-state index contributed by atoms with van der Waals surface area (Å²) in [6, 6.07) is 5.37. The first-order chi connectivity index (χ1) is 15.1. The second-order valence-corrected chi connectivity index (χ2v) is 7.42. The number of nitrogens with zero attached hydrogens (tertiary/aromatic N) is 5. The summed E-state index contributed by atoms with van der Waals surface area (Å²) >= 11 is 0. The van der Waals surface area contributed by atoms with E-state index in [1.54, 1.807) is 35.9 Å². The highest BCUT2D eigenvalue weighted by Gasteiger charge is 2.31. The Morgan fingerprint density at radius 2 is 1.97 bits per heavy atom. The van der Waals surface area contributed by atoms with Crippen LogP contribution in [0.15, 0.2) is 42.9 Å². The van der Waals surface area contributed by atoms with Crippen LogP contribution in [0.5, 0.6) is 5.88 Å². The number of carbonyl (C=O) groups excluding carboxylic acids is 1. The van der Waals surface area contributed by atoms with Gasteiger partial charge in [0.1, 0.15) is 12.3 Å². The van der Waals surface area contributed by atoms with Crippen LogP contribution in [0.1, 0.15) is 35.5 Å². The fourth-order valence-electron chi connectivity index (χ4n) is 3.21. The number of aromatic nitrogens is 4. The van der Waals surface area contributed by atoms with Crippen LogP contribution in [0.3, 0.4) is 0 Å². The summed E-state index contributed by atoms with van der Waals surface area (Å²) in [5, 5.41) is 4.39. The van der Waals surface area contributed by atoms with Gasteiger partial charge in [0, 0.05) is 43.8 Å². The number of hydrogen-bond acceptors (Lipinski definition) is 5. The predicted octanol–water partition coefficient (Wildman–Crippen LogP) is 4.13. The Hall–Kier alpha value is -3.43. The molecule has 170 valence electrons. The molecule has 1 unspecified atom stereocenters. The second kappa shape index (κ2) is 9.37. The van der Waals surface area contributed by atoms with Crippen LogP contribution in [-0.2, 0) is 13.2 Å². The third kappa shape index (κ3) is 5.24. The van der Waals surface area contributed by atoms with Gasteiger partial charge in [0.05, 0.1) is 17.3 Å². The van der Waals surface area contributed by atoms with Crippen molar-refractivity contribution in [2.45, 2.75) is 33.0 Å². The number of rotatable bonds is 7.